The highest BCUT2D eigenvalue weighted by Crippen LogP contribution is 2.38. The lowest BCUT2D eigenvalue weighted by Gasteiger charge is -2.15. The molecule has 0 spiro atoms. The minimum Gasteiger partial charge on any atom is -0.314 e. The predicted octanol–water partition coefficient (Wildman–Crippen LogP) is 2.94. The van der Waals surface area contributed by atoms with Gasteiger partial charge in [-0.2, -0.15) is 0 Å². The Morgan fingerprint density at radius 1 is 1.43 bits per heavy atom. The van der Waals surface area contributed by atoms with E-state index in [2.05, 4.69) is 25.4 Å². The topological polar surface area (TPSA) is 12.0 Å². The van der Waals surface area contributed by atoms with Crippen molar-refractivity contribution < 1.29 is 0 Å². The molecule has 0 saturated heterocycles. The molecule has 0 radical (unpaired) electrons. The van der Waals surface area contributed by atoms with Crippen LogP contribution >= 0.6 is 11.6 Å². The highest BCUT2D eigenvalue weighted by Gasteiger charge is 2.40. The Morgan fingerprint density at radius 2 is 2.14 bits per heavy atom. The van der Waals surface area contributed by atoms with Crippen molar-refractivity contribution in [3.8, 4) is 0 Å². The van der Waals surface area contributed by atoms with Crippen LogP contribution in [0.15, 0.2) is 18.2 Å². The van der Waals surface area contributed by atoms with Crippen LogP contribution in [0.1, 0.15) is 24.0 Å². The SMILES string of the molecule is CNC1(Cc2ccc(Cl)cc2C)CC1. The zero-order valence-corrected chi connectivity index (χ0v) is 9.49. The van der Waals surface area contributed by atoms with E-state index in [0.29, 0.717) is 5.54 Å². The Labute approximate surface area is 90.5 Å². The monoisotopic (exact) mass is 209 g/mol. The average molecular weight is 210 g/mol. The minimum absolute atomic E-state index is 0.387. The van der Waals surface area contributed by atoms with Crippen molar-refractivity contribution in [3.63, 3.8) is 0 Å². The average Bonchev–Trinajstić information content (AvgIpc) is 2.91. The molecular weight excluding hydrogens is 194 g/mol. The molecule has 1 fully saturated rings. The second-order valence-electron chi connectivity index (χ2n) is 4.28. The molecule has 0 amide bonds. The molecule has 14 heavy (non-hydrogen) atoms. The van der Waals surface area contributed by atoms with E-state index in [1.165, 1.54) is 24.0 Å². The molecule has 1 saturated carbocycles. The Hall–Kier alpha value is -0.530. The number of aryl methyl sites for hydroxylation is 1. The minimum atomic E-state index is 0.387. The summed E-state index contributed by atoms with van der Waals surface area (Å²) in [6, 6.07) is 6.17. The second-order valence-corrected chi connectivity index (χ2v) is 4.71. The lowest BCUT2D eigenvalue weighted by Crippen LogP contribution is -2.29. The highest BCUT2D eigenvalue weighted by atomic mass is 35.5. The van der Waals surface area contributed by atoms with Gasteiger partial charge in [0.1, 0.15) is 0 Å². The summed E-state index contributed by atoms with van der Waals surface area (Å²) in [5, 5.41) is 4.24. The van der Waals surface area contributed by atoms with Crippen molar-refractivity contribution in [2.45, 2.75) is 31.7 Å². The Kier molecular flexibility index (Phi) is 2.54. The first kappa shape index (κ1) is 10.0. The van der Waals surface area contributed by atoms with E-state index in [4.69, 9.17) is 11.6 Å². The van der Waals surface area contributed by atoms with Gasteiger partial charge >= 0.3 is 0 Å². The van der Waals surface area contributed by atoms with Crippen LogP contribution in [0.2, 0.25) is 5.02 Å². The standard InChI is InChI=1S/C12H16ClN/c1-9-7-11(13)4-3-10(9)8-12(14-2)5-6-12/h3-4,7,14H,5-6,8H2,1-2H3. The van der Waals surface area contributed by atoms with Crippen molar-refractivity contribution in [2.75, 3.05) is 7.05 Å². The van der Waals surface area contributed by atoms with Crippen molar-refractivity contribution in [1.29, 1.82) is 0 Å². The summed E-state index contributed by atoms with van der Waals surface area (Å²) in [6.07, 6.45) is 3.73. The van der Waals surface area contributed by atoms with Crippen molar-refractivity contribution in [2.24, 2.45) is 0 Å². The fourth-order valence-corrected chi connectivity index (χ4v) is 2.11. The molecule has 1 nitrogen and oxygen atoms in total. The van der Waals surface area contributed by atoms with Crippen LogP contribution in [0.5, 0.6) is 0 Å². The number of halogens is 1. The number of benzene rings is 1. The maximum atomic E-state index is 5.92. The number of hydrogen-bond acceptors (Lipinski definition) is 1. The Morgan fingerprint density at radius 3 is 2.64 bits per heavy atom. The van der Waals surface area contributed by atoms with Crippen molar-refractivity contribution >= 4 is 11.6 Å². The van der Waals surface area contributed by atoms with E-state index in [-0.39, 0.29) is 0 Å². The molecule has 0 heterocycles. The molecular formula is C12H16ClN. The first-order valence-electron chi connectivity index (χ1n) is 5.09. The summed E-state index contributed by atoms with van der Waals surface area (Å²) in [5.74, 6) is 0. The maximum Gasteiger partial charge on any atom is 0.0408 e. The van der Waals surface area contributed by atoms with Crippen LogP contribution in [-0.2, 0) is 6.42 Å². The zero-order chi connectivity index (χ0) is 10.2. The summed E-state index contributed by atoms with van der Waals surface area (Å²) in [5.41, 5.74) is 3.11. The van der Waals surface area contributed by atoms with Crippen LogP contribution in [0.3, 0.4) is 0 Å². The van der Waals surface area contributed by atoms with Gasteiger partial charge in [0.2, 0.25) is 0 Å². The van der Waals surface area contributed by atoms with Gasteiger partial charge in [-0.15, -0.1) is 0 Å². The van der Waals surface area contributed by atoms with Crippen LogP contribution in [0, 0.1) is 6.92 Å². The summed E-state index contributed by atoms with van der Waals surface area (Å²) >= 11 is 5.92. The molecule has 0 bridgehead atoms. The molecule has 0 unspecified atom stereocenters. The van der Waals surface area contributed by atoms with Crippen LogP contribution in [0.4, 0.5) is 0 Å². The third-order valence-electron chi connectivity index (χ3n) is 3.22. The maximum absolute atomic E-state index is 5.92. The molecule has 2 rings (SSSR count). The molecule has 1 aromatic rings. The number of nitrogens with one attached hydrogen (secondary N) is 1. The van der Waals surface area contributed by atoms with Gasteiger partial charge in [0.15, 0.2) is 0 Å². The summed E-state index contributed by atoms with van der Waals surface area (Å²) in [7, 11) is 2.05. The van der Waals surface area contributed by atoms with E-state index in [0.717, 1.165) is 11.4 Å². The highest BCUT2D eigenvalue weighted by molar-refractivity contribution is 6.30. The van der Waals surface area contributed by atoms with Gasteiger partial charge in [-0.1, -0.05) is 17.7 Å². The molecule has 1 aliphatic carbocycles. The molecule has 76 valence electrons. The van der Waals surface area contributed by atoms with Gasteiger partial charge in [-0.05, 0) is 56.5 Å². The fraction of sp³-hybridized carbons (Fsp3) is 0.500. The Balaban J connectivity index is 2.17. The number of rotatable bonds is 3. The van der Waals surface area contributed by atoms with Gasteiger partial charge in [-0.3, -0.25) is 0 Å². The lowest BCUT2D eigenvalue weighted by molar-refractivity contribution is 0.547. The van der Waals surface area contributed by atoms with Crippen LogP contribution in [-0.4, -0.2) is 12.6 Å². The quantitative estimate of drug-likeness (QED) is 0.807. The van der Waals surface area contributed by atoms with Crippen molar-refractivity contribution in [3.05, 3.63) is 34.3 Å². The van der Waals surface area contributed by atoms with Crippen LogP contribution < -0.4 is 5.32 Å². The first-order valence-corrected chi connectivity index (χ1v) is 5.47. The molecule has 2 heteroatoms. The van der Waals surface area contributed by atoms with Gasteiger partial charge in [0, 0.05) is 10.6 Å². The number of hydrogen-bond donors (Lipinski definition) is 1. The predicted molar refractivity (Wildman–Crippen MR) is 60.9 cm³/mol. The first-order chi connectivity index (χ1) is 6.65. The summed E-state index contributed by atoms with van der Waals surface area (Å²) < 4.78 is 0. The molecule has 1 aromatic carbocycles. The molecule has 0 aromatic heterocycles. The zero-order valence-electron chi connectivity index (χ0n) is 8.73. The smallest absolute Gasteiger partial charge is 0.0408 e. The van der Waals surface area contributed by atoms with E-state index in [9.17, 15) is 0 Å². The Bertz CT molecular complexity index is 342. The summed E-state index contributed by atoms with van der Waals surface area (Å²) in [4.78, 5) is 0. The van der Waals surface area contributed by atoms with Gasteiger partial charge < -0.3 is 5.32 Å². The molecule has 1 N–H and O–H groups in total. The summed E-state index contributed by atoms with van der Waals surface area (Å²) in [6.45, 7) is 2.13. The van der Waals surface area contributed by atoms with E-state index in [1.807, 2.05) is 12.1 Å². The normalized spacial score (nSPS) is 18.2. The van der Waals surface area contributed by atoms with Crippen LogP contribution in [0.25, 0.3) is 0 Å². The van der Waals surface area contributed by atoms with Gasteiger partial charge in [0.25, 0.3) is 0 Å². The third kappa shape index (κ3) is 1.94. The molecule has 1 aliphatic rings. The fourth-order valence-electron chi connectivity index (χ4n) is 1.89. The van der Waals surface area contributed by atoms with Gasteiger partial charge in [0.05, 0.1) is 0 Å². The molecule has 0 atom stereocenters. The van der Waals surface area contributed by atoms with E-state index < -0.39 is 0 Å². The largest absolute Gasteiger partial charge is 0.314 e. The van der Waals surface area contributed by atoms with Gasteiger partial charge in [-0.25, -0.2) is 0 Å². The third-order valence-corrected chi connectivity index (χ3v) is 3.45. The second kappa shape index (κ2) is 3.56. The lowest BCUT2D eigenvalue weighted by atomic mass is 10.00. The van der Waals surface area contributed by atoms with Crippen molar-refractivity contribution in [1.82, 2.24) is 5.32 Å². The number of likely N-dealkylation sites (N-methyl/N-ethyl adjacent to an activating group) is 1. The van der Waals surface area contributed by atoms with E-state index in [1.54, 1.807) is 0 Å². The van der Waals surface area contributed by atoms with E-state index >= 15 is 0 Å². The molecule has 0 aliphatic heterocycles.